The van der Waals surface area contributed by atoms with Crippen molar-refractivity contribution >= 4 is 23.1 Å². The van der Waals surface area contributed by atoms with E-state index in [2.05, 4.69) is 0 Å². The zero-order valence-electron chi connectivity index (χ0n) is 8.40. The molecule has 0 saturated heterocycles. The highest BCUT2D eigenvalue weighted by molar-refractivity contribution is 7.80. The van der Waals surface area contributed by atoms with Crippen LogP contribution >= 0.6 is 12.2 Å². The maximum absolute atomic E-state index is 11.9. The number of nitrogens with two attached hydrogens (primary N) is 1. The van der Waals surface area contributed by atoms with Gasteiger partial charge >= 0.3 is 0 Å². The Hall–Kier alpha value is -0.640. The minimum Gasteiger partial charge on any atom is -0.392 e. The zero-order valence-corrected chi connectivity index (χ0v) is 9.22. The summed E-state index contributed by atoms with van der Waals surface area (Å²) in [5.74, 6) is 2.17. The lowest BCUT2D eigenvalue weighted by atomic mass is 10.0. The Kier molecular flexibility index (Phi) is 2.47. The summed E-state index contributed by atoms with van der Waals surface area (Å²) in [5.41, 5.74) is 5.40. The van der Waals surface area contributed by atoms with Gasteiger partial charge in [0.15, 0.2) is 0 Å². The number of thiocarbonyl (C=S) groups is 1. The van der Waals surface area contributed by atoms with Crippen LogP contribution in [-0.4, -0.2) is 29.4 Å². The molecule has 2 rings (SSSR count). The monoisotopic (exact) mass is 212 g/mol. The van der Waals surface area contributed by atoms with Gasteiger partial charge in [-0.05, 0) is 31.1 Å². The van der Waals surface area contributed by atoms with Crippen LogP contribution in [0.3, 0.4) is 0 Å². The minimum absolute atomic E-state index is 0.227. The van der Waals surface area contributed by atoms with Gasteiger partial charge < -0.3 is 10.6 Å². The molecule has 2 atom stereocenters. The molecule has 0 aromatic carbocycles. The van der Waals surface area contributed by atoms with E-state index < -0.39 is 0 Å². The fourth-order valence-corrected chi connectivity index (χ4v) is 2.73. The SMILES string of the molecule is CN(CC(N)=S)C(=O)C1CC2CC2C1. The highest BCUT2D eigenvalue weighted by Gasteiger charge is 2.48. The number of fused-ring (bicyclic) bond motifs is 1. The maximum atomic E-state index is 11.9. The fourth-order valence-electron chi connectivity index (χ4n) is 2.54. The first-order valence-electron chi connectivity index (χ1n) is 5.11. The second kappa shape index (κ2) is 3.50. The minimum atomic E-state index is 0.227. The van der Waals surface area contributed by atoms with Crippen molar-refractivity contribution in [2.75, 3.05) is 13.6 Å². The van der Waals surface area contributed by atoms with Gasteiger partial charge in [-0.2, -0.15) is 0 Å². The van der Waals surface area contributed by atoms with Gasteiger partial charge in [-0.15, -0.1) is 0 Å². The Morgan fingerprint density at radius 3 is 2.50 bits per heavy atom. The lowest BCUT2D eigenvalue weighted by Crippen LogP contribution is -2.37. The topological polar surface area (TPSA) is 46.3 Å². The standard InChI is InChI=1S/C10H16N2OS/c1-12(5-9(11)14)10(13)8-3-6-2-7(6)4-8/h6-8H,2-5H2,1H3,(H2,11,14). The number of amides is 1. The number of rotatable bonds is 3. The molecule has 4 heteroatoms. The third-order valence-electron chi connectivity index (χ3n) is 3.36. The number of nitrogens with zero attached hydrogens (tertiary/aromatic N) is 1. The van der Waals surface area contributed by atoms with Crippen molar-refractivity contribution in [3.8, 4) is 0 Å². The first-order valence-corrected chi connectivity index (χ1v) is 5.52. The van der Waals surface area contributed by atoms with Crippen molar-refractivity contribution < 1.29 is 4.79 Å². The van der Waals surface area contributed by atoms with Crippen molar-refractivity contribution in [1.29, 1.82) is 0 Å². The van der Waals surface area contributed by atoms with Crippen LogP contribution in [-0.2, 0) is 4.79 Å². The highest BCUT2D eigenvalue weighted by atomic mass is 32.1. The van der Waals surface area contributed by atoms with Gasteiger partial charge in [-0.3, -0.25) is 4.79 Å². The van der Waals surface area contributed by atoms with Gasteiger partial charge in [-0.25, -0.2) is 0 Å². The summed E-state index contributed by atoms with van der Waals surface area (Å²) < 4.78 is 0. The molecule has 0 radical (unpaired) electrons. The lowest BCUT2D eigenvalue weighted by Gasteiger charge is -2.21. The number of carbonyl (C=O) groups excluding carboxylic acids is 1. The molecule has 1 amide bonds. The summed E-state index contributed by atoms with van der Waals surface area (Å²) in [7, 11) is 1.78. The number of hydrogen-bond donors (Lipinski definition) is 1. The van der Waals surface area contributed by atoms with Gasteiger partial charge in [0.2, 0.25) is 5.91 Å². The van der Waals surface area contributed by atoms with E-state index in [1.54, 1.807) is 11.9 Å². The fraction of sp³-hybridized carbons (Fsp3) is 0.800. The van der Waals surface area contributed by atoms with Crippen LogP contribution in [0.15, 0.2) is 0 Å². The summed E-state index contributed by atoms with van der Waals surface area (Å²) in [6.07, 6.45) is 3.53. The average Bonchev–Trinajstić information content (AvgIpc) is 2.71. The molecule has 0 spiro atoms. The number of likely N-dealkylation sites (N-methyl/N-ethyl adjacent to an activating group) is 1. The first-order chi connectivity index (χ1) is 6.58. The Labute approximate surface area is 89.6 Å². The predicted octanol–water partition coefficient (Wildman–Crippen LogP) is 0.777. The Bertz CT molecular complexity index is 269. The van der Waals surface area contributed by atoms with Crippen molar-refractivity contribution in [1.82, 2.24) is 4.90 Å². The van der Waals surface area contributed by atoms with Crippen molar-refractivity contribution in [3.05, 3.63) is 0 Å². The summed E-state index contributed by atoms with van der Waals surface area (Å²) in [6, 6.07) is 0. The molecule has 0 bridgehead atoms. The molecule has 0 aromatic heterocycles. The van der Waals surface area contributed by atoms with Crippen LogP contribution in [0.1, 0.15) is 19.3 Å². The molecule has 2 fully saturated rings. The van der Waals surface area contributed by atoms with Crippen LogP contribution in [0.5, 0.6) is 0 Å². The molecule has 14 heavy (non-hydrogen) atoms. The van der Waals surface area contributed by atoms with Gasteiger partial charge in [0.05, 0.1) is 11.5 Å². The predicted molar refractivity (Wildman–Crippen MR) is 58.7 cm³/mol. The van der Waals surface area contributed by atoms with E-state index in [1.165, 1.54) is 6.42 Å². The summed E-state index contributed by atoms with van der Waals surface area (Å²) in [4.78, 5) is 13.9. The van der Waals surface area contributed by atoms with Crippen molar-refractivity contribution in [3.63, 3.8) is 0 Å². The van der Waals surface area contributed by atoms with E-state index in [1.807, 2.05) is 0 Å². The largest absolute Gasteiger partial charge is 0.392 e. The van der Waals surface area contributed by atoms with E-state index in [0.717, 1.165) is 24.7 Å². The second-order valence-corrected chi connectivity index (χ2v) is 5.11. The van der Waals surface area contributed by atoms with Crippen molar-refractivity contribution in [2.45, 2.75) is 19.3 Å². The molecule has 0 aliphatic heterocycles. The summed E-state index contributed by atoms with van der Waals surface area (Å²) in [6.45, 7) is 0.417. The highest BCUT2D eigenvalue weighted by Crippen LogP contribution is 2.54. The molecule has 2 unspecified atom stereocenters. The molecule has 0 aromatic rings. The molecule has 78 valence electrons. The van der Waals surface area contributed by atoms with Gasteiger partial charge in [-0.1, -0.05) is 12.2 Å². The second-order valence-electron chi connectivity index (χ2n) is 4.58. The summed E-state index contributed by atoms with van der Waals surface area (Å²) in [5, 5.41) is 0. The number of hydrogen-bond acceptors (Lipinski definition) is 2. The molecular formula is C10H16N2OS. The van der Waals surface area contributed by atoms with Crippen LogP contribution in [0.2, 0.25) is 0 Å². The Morgan fingerprint density at radius 2 is 2.00 bits per heavy atom. The zero-order chi connectivity index (χ0) is 10.3. The molecule has 2 aliphatic carbocycles. The van der Waals surface area contributed by atoms with Crippen LogP contribution in [0.25, 0.3) is 0 Å². The maximum Gasteiger partial charge on any atom is 0.225 e. The third kappa shape index (κ3) is 1.90. The Morgan fingerprint density at radius 1 is 1.43 bits per heavy atom. The normalized spacial score (nSPS) is 33.6. The quantitative estimate of drug-likeness (QED) is 0.703. The van der Waals surface area contributed by atoms with Gasteiger partial charge in [0.25, 0.3) is 0 Å². The van der Waals surface area contributed by atoms with Gasteiger partial charge in [0, 0.05) is 13.0 Å². The molecule has 2 aliphatic rings. The third-order valence-corrected chi connectivity index (χ3v) is 3.49. The van der Waals surface area contributed by atoms with E-state index in [-0.39, 0.29) is 11.8 Å². The molecule has 0 heterocycles. The number of carbonyl (C=O) groups is 1. The molecule has 3 nitrogen and oxygen atoms in total. The van der Waals surface area contributed by atoms with E-state index in [4.69, 9.17) is 18.0 Å². The van der Waals surface area contributed by atoms with E-state index >= 15 is 0 Å². The van der Waals surface area contributed by atoms with Gasteiger partial charge in [0.1, 0.15) is 0 Å². The van der Waals surface area contributed by atoms with Crippen LogP contribution in [0, 0.1) is 17.8 Å². The molecule has 2 N–H and O–H groups in total. The average molecular weight is 212 g/mol. The lowest BCUT2D eigenvalue weighted by molar-refractivity contribution is -0.133. The summed E-state index contributed by atoms with van der Waals surface area (Å²) >= 11 is 4.78. The smallest absolute Gasteiger partial charge is 0.225 e. The van der Waals surface area contributed by atoms with Crippen LogP contribution in [0.4, 0.5) is 0 Å². The Balaban J connectivity index is 1.85. The van der Waals surface area contributed by atoms with Crippen molar-refractivity contribution in [2.24, 2.45) is 23.5 Å². The van der Waals surface area contributed by atoms with Crippen LogP contribution < -0.4 is 5.73 Å². The van der Waals surface area contributed by atoms with E-state index in [0.29, 0.717) is 11.5 Å². The molecule has 2 saturated carbocycles. The first kappa shape index (κ1) is 9.90. The molecular weight excluding hydrogens is 196 g/mol. The van der Waals surface area contributed by atoms with E-state index in [9.17, 15) is 4.79 Å².